The number of guanidine groups is 1. The van der Waals surface area contributed by atoms with Crippen molar-refractivity contribution < 1.29 is 14.2 Å². The van der Waals surface area contributed by atoms with Crippen molar-refractivity contribution in [2.75, 3.05) is 26.5 Å². The average Bonchev–Trinajstić information content (AvgIpc) is 3.23. The third-order valence-electron chi connectivity index (χ3n) is 3.98. The van der Waals surface area contributed by atoms with E-state index in [0.717, 1.165) is 49.1 Å². The molecule has 126 valence electrons. The van der Waals surface area contributed by atoms with Crippen LogP contribution >= 0.6 is 0 Å². The molecule has 0 saturated carbocycles. The molecule has 0 aromatic heterocycles. The molecule has 2 aliphatic heterocycles. The highest BCUT2D eigenvalue weighted by Gasteiger charge is 2.15. The highest BCUT2D eigenvalue weighted by molar-refractivity contribution is 5.79. The Bertz CT molecular complexity index is 542. The minimum Gasteiger partial charge on any atom is -0.454 e. The minimum atomic E-state index is 0.301. The number of nitrogens with zero attached hydrogens (tertiary/aromatic N) is 1. The monoisotopic (exact) mass is 319 g/mol. The van der Waals surface area contributed by atoms with E-state index >= 15 is 0 Å². The van der Waals surface area contributed by atoms with Gasteiger partial charge in [-0.3, -0.25) is 0 Å². The van der Waals surface area contributed by atoms with Gasteiger partial charge in [-0.05, 0) is 43.9 Å². The van der Waals surface area contributed by atoms with Crippen LogP contribution in [-0.4, -0.2) is 38.6 Å². The standard InChI is InChI=1S/C17H25N3O3/c1-2-18-17(19-8-7-14-4-3-9-21-14)20-11-13-5-6-15-16(10-13)23-12-22-15/h5-6,10,14H,2-4,7-9,11-12H2,1H3,(H2,18,19,20). The summed E-state index contributed by atoms with van der Waals surface area (Å²) in [5, 5.41) is 6.65. The third kappa shape index (κ3) is 4.51. The normalized spacial score (nSPS) is 19.9. The summed E-state index contributed by atoms with van der Waals surface area (Å²) < 4.78 is 16.4. The van der Waals surface area contributed by atoms with Gasteiger partial charge in [0.05, 0.1) is 12.6 Å². The molecule has 1 fully saturated rings. The number of hydrogen-bond acceptors (Lipinski definition) is 4. The summed E-state index contributed by atoms with van der Waals surface area (Å²) in [7, 11) is 0. The van der Waals surface area contributed by atoms with Crippen LogP contribution in [0.2, 0.25) is 0 Å². The second-order valence-corrected chi connectivity index (χ2v) is 5.73. The van der Waals surface area contributed by atoms with E-state index in [9.17, 15) is 0 Å². The number of rotatable bonds is 6. The Morgan fingerprint density at radius 3 is 3.00 bits per heavy atom. The fourth-order valence-corrected chi connectivity index (χ4v) is 2.77. The van der Waals surface area contributed by atoms with Crippen molar-refractivity contribution in [3.8, 4) is 11.5 Å². The summed E-state index contributed by atoms with van der Waals surface area (Å²) in [6.45, 7) is 5.59. The topological polar surface area (TPSA) is 64.1 Å². The summed E-state index contributed by atoms with van der Waals surface area (Å²) >= 11 is 0. The second-order valence-electron chi connectivity index (χ2n) is 5.73. The maximum atomic E-state index is 5.64. The smallest absolute Gasteiger partial charge is 0.231 e. The van der Waals surface area contributed by atoms with Crippen LogP contribution in [0.4, 0.5) is 0 Å². The zero-order valence-electron chi connectivity index (χ0n) is 13.6. The first-order valence-corrected chi connectivity index (χ1v) is 8.37. The molecule has 1 aromatic carbocycles. The van der Waals surface area contributed by atoms with Crippen LogP contribution in [0, 0.1) is 0 Å². The van der Waals surface area contributed by atoms with E-state index in [1.165, 1.54) is 12.8 Å². The molecule has 0 spiro atoms. The fraction of sp³-hybridized carbons (Fsp3) is 0.588. The van der Waals surface area contributed by atoms with E-state index in [1.54, 1.807) is 0 Å². The van der Waals surface area contributed by atoms with Crippen molar-refractivity contribution in [3.05, 3.63) is 23.8 Å². The zero-order valence-corrected chi connectivity index (χ0v) is 13.6. The lowest BCUT2D eigenvalue weighted by Crippen LogP contribution is -2.38. The van der Waals surface area contributed by atoms with Crippen molar-refractivity contribution >= 4 is 5.96 Å². The molecule has 1 aromatic rings. The van der Waals surface area contributed by atoms with E-state index in [4.69, 9.17) is 14.2 Å². The molecule has 6 nitrogen and oxygen atoms in total. The summed E-state index contributed by atoms with van der Waals surface area (Å²) in [4.78, 5) is 4.63. The first-order chi connectivity index (χ1) is 11.3. The van der Waals surface area contributed by atoms with Crippen molar-refractivity contribution in [2.24, 2.45) is 4.99 Å². The predicted octanol–water partition coefficient (Wildman–Crippen LogP) is 2.04. The fourth-order valence-electron chi connectivity index (χ4n) is 2.77. The Kier molecular flexibility index (Phi) is 5.58. The van der Waals surface area contributed by atoms with E-state index in [1.807, 2.05) is 18.2 Å². The number of aliphatic imine (C=N–C) groups is 1. The van der Waals surface area contributed by atoms with E-state index < -0.39 is 0 Å². The summed E-state index contributed by atoms with van der Waals surface area (Å²) in [6.07, 6.45) is 3.78. The van der Waals surface area contributed by atoms with Gasteiger partial charge in [-0.2, -0.15) is 0 Å². The predicted molar refractivity (Wildman–Crippen MR) is 89.0 cm³/mol. The molecule has 0 aliphatic carbocycles. The first-order valence-electron chi connectivity index (χ1n) is 8.37. The molecule has 1 atom stereocenters. The van der Waals surface area contributed by atoms with Crippen LogP contribution in [0.3, 0.4) is 0 Å². The lowest BCUT2D eigenvalue weighted by Gasteiger charge is -2.13. The Morgan fingerprint density at radius 1 is 1.26 bits per heavy atom. The Morgan fingerprint density at radius 2 is 2.17 bits per heavy atom. The van der Waals surface area contributed by atoms with Gasteiger partial charge >= 0.3 is 0 Å². The van der Waals surface area contributed by atoms with Crippen LogP contribution in [0.1, 0.15) is 31.7 Å². The maximum Gasteiger partial charge on any atom is 0.231 e. The van der Waals surface area contributed by atoms with Crippen LogP contribution in [0.5, 0.6) is 11.5 Å². The van der Waals surface area contributed by atoms with Crippen molar-refractivity contribution in [1.82, 2.24) is 10.6 Å². The molecule has 23 heavy (non-hydrogen) atoms. The Balaban J connectivity index is 1.51. The van der Waals surface area contributed by atoms with Crippen LogP contribution < -0.4 is 20.1 Å². The van der Waals surface area contributed by atoms with Crippen LogP contribution in [0.25, 0.3) is 0 Å². The molecule has 0 bridgehead atoms. The highest BCUT2D eigenvalue weighted by atomic mass is 16.7. The van der Waals surface area contributed by atoms with Gasteiger partial charge in [-0.15, -0.1) is 0 Å². The van der Waals surface area contributed by atoms with E-state index in [2.05, 4.69) is 22.5 Å². The van der Waals surface area contributed by atoms with E-state index in [-0.39, 0.29) is 0 Å². The summed E-state index contributed by atoms with van der Waals surface area (Å²) in [5.41, 5.74) is 1.10. The first kappa shape index (κ1) is 15.9. The van der Waals surface area contributed by atoms with Crippen molar-refractivity contribution in [1.29, 1.82) is 0 Å². The van der Waals surface area contributed by atoms with Gasteiger partial charge in [0.1, 0.15) is 0 Å². The Hall–Kier alpha value is -1.95. The zero-order chi connectivity index (χ0) is 15.9. The van der Waals surface area contributed by atoms with Crippen LogP contribution in [-0.2, 0) is 11.3 Å². The summed E-state index contributed by atoms with van der Waals surface area (Å²) in [5.74, 6) is 2.44. The number of ether oxygens (including phenoxy) is 3. The molecule has 2 heterocycles. The molecule has 6 heteroatoms. The van der Waals surface area contributed by atoms with Gasteiger partial charge in [0.25, 0.3) is 0 Å². The maximum absolute atomic E-state index is 5.64. The SMILES string of the molecule is CCNC(=NCc1ccc2c(c1)OCO2)NCCC1CCCO1. The average molecular weight is 319 g/mol. The van der Waals surface area contributed by atoms with Crippen molar-refractivity contribution in [3.63, 3.8) is 0 Å². The molecule has 3 rings (SSSR count). The lowest BCUT2D eigenvalue weighted by atomic mass is 10.2. The molecule has 0 amide bonds. The molecule has 2 aliphatic rings. The van der Waals surface area contributed by atoms with Gasteiger partial charge in [0, 0.05) is 19.7 Å². The third-order valence-corrected chi connectivity index (χ3v) is 3.98. The number of hydrogen-bond donors (Lipinski definition) is 2. The summed E-state index contributed by atoms with van der Waals surface area (Å²) in [6, 6.07) is 5.94. The molecular weight excluding hydrogens is 294 g/mol. The molecule has 1 unspecified atom stereocenters. The highest BCUT2D eigenvalue weighted by Crippen LogP contribution is 2.32. The number of benzene rings is 1. The number of fused-ring (bicyclic) bond motifs is 1. The van der Waals surface area contributed by atoms with Crippen LogP contribution in [0.15, 0.2) is 23.2 Å². The molecular formula is C17H25N3O3. The second kappa shape index (κ2) is 8.06. The van der Waals surface area contributed by atoms with E-state index in [0.29, 0.717) is 19.4 Å². The van der Waals surface area contributed by atoms with Gasteiger partial charge < -0.3 is 24.8 Å². The van der Waals surface area contributed by atoms with Gasteiger partial charge in [-0.1, -0.05) is 6.07 Å². The molecule has 2 N–H and O–H groups in total. The largest absolute Gasteiger partial charge is 0.454 e. The van der Waals surface area contributed by atoms with Gasteiger partial charge in [-0.25, -0.2) is 4.99 Å². The molecule has 1 saturated heterocycles. The Labute approximate surface area is 137 Å². The lowest BCUT2D eigenvalue weighted by molar-refractivity contribution is 0.105. The minimum absolute atomic E-state index is 0.301. The molecule has 0 radical (unpaired) electrons. The van der Waals surface area contributed by atoms with Gasteiger partial charge in [0.2, 0.25) is 6.79 Å². The quantitative estimate of drug-likeness (QED) is 0.620. The van der Waals surface area contributed by atoms with Gasteiger partial charge in [0.15, 0.2) is 17.5 Å². The number of nitrogens with one attached hydrogen (secondary N) is 2. The van der Waals surface area contributed by atoms with Crippen molar-refractivity contribution in [2.45, 2.75) is 38.8 Å².